The van der Waals surface area contributed by atoms with Crippen LogP contribution in [-0.2, 0) is 47.9 Å². The highest BCUT2D eigenvalue weighted by Crippen LogP contribution is 2.32. The zero-order chi connectivity index (χ0) is 110. The molecule has 8 amide bonds. The average Bonchev–Trinajstić information content (AvgIpc) is 0.867. The number of aliphatic carboxylic acids is 3. The van der Waals surface area contributed by atoms with E-state index in [1.165, 1.54) is 94.2 Å². The lowest BCUT2D eigenvalue weighted by Crippen LogP contribution is -2.40. The molecule has 0 aliphatic heterocycles. The monoisotopic (exact) mass is 2040 g/mol. The molecule has 0 spiro atoms. The molecular weight excluding hydrogens is 1840 g/mol. The Balaban J connectivity index is -0.00000157. The highest BCUT2D eigenvalue weighted by molar-refractivity contribution is 5.98. The zero-order valence-corrected chi connectivity index (χ0v) is 93.9. The molecule has 0 bridgehead atoms. The van der Waals surface area contributed by atoms with Gasteiger partial charge in [-0.25, -0.2) is 9.59 Å². The fourth-order valence-electron chi connectivity index (χ4n) is 15.8. The van der Waals surface area contributed by atoms with Gasteiger partial charge in [0, 0.05) is 107 Å². The van der Waals surface area contributed by atoms with Crippen LogP contribution in [0.25, 0.3) is 0 Å². The number of carbonyl (C=O) groups excluding carboxylic acids is 9. The second kappa shape index (κ2) is 87.3. The molecular formula is C117H202N8O20. The molecule has 0 aromatic heterocycles. The van der Waals surface area contributed by atoms with Crippen molar-refractivity contribution in [3.05, 3.63) is 107 Å². The molecule has 0 saturated heterocycles. The van der Waals surface area contributed by atoms with Crippen LogP contribution in [-0.4, -0.2) is 167 Å². The number of carboxylic acid groups (broad SMARTS) is 5. The van der Waals surface area contributed by atoms with Crippen molar-refractivity contribution in [1.82, 2.24) is 42.5 Å². The smallest absolute Gasteiger partial charge is 0.335 e. The van der Waals surface area contributed by atoms with Gasteiger partial charge in [-0.15, -0.1) is 0 Å². The number of amides is 8. The number of esters is 1. The Kier molecular flexibility index (Phi) is 83.9. The van der Waals surface area contributed by atoms with Gasteiger partial charge in [-0.1, -0.05) is 252 Å². The van der Waals surface area contributed by atoms with E-state index in [0.29, 0.717) is 123 Å². The van der Waals surface area contributed by atoms with Crippen molar-refractivity contribution in [2.75, 3.05) is 52.4 Å². The van der Waals surface area contributed by atoms with Gasteiger partial charge < -0.3 is 72.8 Å². The molecule has 3 fully saturated rings. The molecule has 830 valence electrons. The molecule has 3 aliphatic rings. The molecule has 3 aliphatic carbocycles. The van der Waals surface area contributed by atoms with Gasteiger partial charge in [0.2, 0.25) is 29.5 Å². The number of rotatable bonds is 55. The molecule has 3 aromatic carbocycles. The van der Waals surface area contributed by atoms with Gasteiger partial charge >= 0.3 is 35.8 Å². The summed E-state index contributed by atoms with van der Waals surface area (Å²) in [5.41, 5.74) is 1.61. The zero-order valence-electron chi connectivity index (χ0n) is 93.9. The summed E-state index contributed by atoms with van der Waals surface area (Å²) in [6, 6.07) is 21.4. The summed E-state index contributed by atoms with van der Waals surface area (Å²) in [6.45, 7) is 52.6. The summed E-state index contributed by atoms with van der Waals surface area (Å²) < 4.78 is 5.18. The van der Waals surface area contributed by atoms with E-state index in [-0.39, 0.29) is 88.2 Å². The first-order valence-electron chi connectivity index (χ1n) is 55.2. The number of aromatic carboxylic acids is 2. The van der Waals surface area contributed by atoms with Crippen LogP contribution in [0, 0.1) is 82.9 Å². The molecule has 6 rings (SSSR count). The van der Waals surface area contributed by atoms with E-state index in [9.17, 15) is 67.1 Å². The lowest BCUT2D eigenvalue weighted by Gasteiger charge is -2.27. The third kappa shape index (κ3) is 86.0. The number of nitrogens with one attached hydrogen (secondary N) is 8. The Labute approximate surface area is 874 Å². The van der Waals surface area contributed by atoms with Gasteiger partial charge in [-0.3, -0.25) is 57.5 Å². The molecule has 2 atom stereocenters. The van der Waals surface area contributed by atoms with Crippen molar-refractivity contribution in [1.29, 1.82) is 0 Å². The van der Waals surface area contributed by atoms with Crippen LogP contribution < -0.4 is 42.5 Å². The van der Waals surface area contributed by atoms with E-state index in [2.05, 4.69) is 167 Å². The van der Waals surface area contributed by atoms with Crippen molar-refractivity contribution >= 4 is 83.1 Å². The Morgan fingerprint density at radius 2 is 0.607 bits per heavy atom. The fraction of sp³-hybridized carbons (Fsp3) is 0.726. The second-order valence-corrected chi connectivity index (χ2v) is 43.8. The van der Waals surface area contributed by atoms with E-state index in [0.717, 1.165) is 204 Å². The van der Waals surface area contributed by atoms with Crippen LogP contribution in [0.3, 0.4) is 0 Å². The summed E-state index contributed by atoms with van der Waals surface area (Å²) in [5, 5.41) is 67.1. The molecule has 28 nitrogen and oxygen atoms in total. The van der Waals surface area contributed by atoms with Crippen molar-refractivity contribution in [2.45, 2.75) is 415 Å². The van der Waals surface area contributed by atoms with Crippen molar-refractivity contribution in [3.8, 4) is 0 Å². The SMILES string of the molecule is CC(=O)NCCCC(C)C.CC(C)CCCC(=O)OC(C)(C)C.CC(C)CCCCNC(=O)C1CCC(C(=O)O)CC1.CC(C)CCCCNC(=O)C1CCCCC1C(=O)O.CC(C)CCCCNC(=O)CCCC(=O)O.CC(C)CCCCNC(=O)c1ccc(C(=O)O)cc1.CC(C)CCCCNC(=O)c1cccc(C(=O)O)c1.CC(C)CCCNC(=O)C1CCCCC1.CC(C)CCCNC(=O)c1ccccc1. The van der Waals surface area contributed by atoms with Crippen LogP contribution in [0.5, 0.6) is 0 Å². The molecule has 13 N–H and O–H groups in total. The van der Waals surface area contributed by atoms with Gasteiger partial charge in [0.1, 0.15) is 5.60 Å². The first-order valence-corrected chi connectivity index (χ1v) is 55.2. The summed E-state index contributed by atoms with van der Waals surface area (Å²) in [5.74, 6) is 1.28. The lowest BCUT2D eigenvalue weighted by molar-refractivity contribution is -0.155. The predicted octanol–water partition coefficient (Wildman–Crippen LogP) is 24.4. The number of carbonyl (C=O) groups is 14. The Bertz CT molecular complexity index is 3960. The van der Waals surface area contributed by atoms with Gasteiger partial charge in [0.05, 0.1) is 28.9 Å². The quantitative estimate of drug-likeness (QED) is 0.0184. The highest BCUT2D eigenvalue weighted by atomic mass is 16.6. The summed E-state index contributed by atoms with van der Waals surface area (Å²) in [6.07, 6.45) is 38.6. The van der Waals surface area contributed by atoms with Gasteiger partial charge in [-0.2, -0.15) is 0 Å². The molecule has 3 saturated carbocycles. The minimum atomic E-state index is -1.02. The minimum Gasteiger partial charge on any atom is -0.481 e. The predicted molar refractivity (Wildman–Crippen MR) is 585 cm³/mol. The normalized spacial score (nSPS) is 14.7. The molecule has 0 radical (unpaired) electrons. The number of hydrogen-bond donors (Lipinski definition) is 13. The van der Waals surface area contributed by atoms with E-state index in [1.807, 2.05) is 51.1 Å². The number of ether oxygens (including phenoxy) is 1. The Morgan fingerprint density at radius 3 is 0.993 bits per heavy atom. The van der Waals surface area contributed by atoms with E-state index in [1.54, 1.807) is 19.1 Å². The first-order chi connectivity index (χ1) is 68.4. The maximum Gasteiger partial charge on any atom is 0.335 e. The van der Waals surface area contributed by atoms with E-state index >= 15 is 0 Å². The third-order valence-electron chi connectivity index (χ3n) is 24.4. The standard InChI is InChI=1S/C15H27NO3.C15H21NO3.C15H27NO3.C15H21NO3.C13H25NO.C13H19NO.C12H23NO3.C11H22O2.C8H17NO/c1-11(2)7-5-6-10-16-14(17)12-8-3-4-9-13(12)15(18)19;1-11(2)6-3-4-9-16-14(17)12-7-5-8-13(10-12)15(18)19;2*1-11(2)5-3-4-10-16-14(17)12-6-8-13(9-7-12)15(18)19;2*1-11(2)7-6-10-14-13(15)12-8-4-3-5-9-12;1-10(2)6-3-4-9-13-11(14)7-5-8-12(15)16;1-9(2)7-6-8-10(12)13-11(3,4)5;1-7(2)5-4-6-9-8(3)10/h11-13H,3-10H2,1-2H3,(H,16,17)(H,18,19);5,7-8,10-11H,3-4,6,9H2,1-2H3,(H,16,17)(H,18,19);11-13H,3-10H2,1-2H3,(H,16,17)(H,18,19);6-9,11H,3-5,10H2,1-2H3,(H,16,17)(H,18,19);11-12H,3-10H2,1-2H3,(H,14,15);3-5,8-9,11H,6-7,10H2,1-2H3,(H,14,15);10H,3-9H2,1-2H3,(H,13,14)(H,15,16);9H,6-8H2,1-5H3;7H,4-6H2,1-3H3,(H,9,10). The van der Waals surface area contributed by atoms with Crippen LogP contribution in [0.2, 0.25) is 0 Å². The average molecular weight is 2040 g/mol. The van der Waals surface area contributed by atoms with Gasteiger partial charge in [0.25, 0.3) is 17.7 Å². The number of hydrogen-bond acceptors (Lipinski definition) is 15. The van der Waals surface area contributed by atoms with Gasteiger partial charge in [-0.05, 0) is 263 Å². The van der Waals surface area contributed by atoms with Crippen LogP contribution in [0.1, 0.15) is 461 Å². The Hall–Kier alpha value is -9.76. The van der Waals surface area contributed by atoms with Crippen LogP contribution >= 0.6 is 0 Å². The molecule has 145 heavy (non-hydrogen) atoms. The van der Waals surface area contributed by atoms with E-state index < -0.39 is 35.8 Å². The van der Waals surface area contributed by atoms with Crippen LogP contribution in [0.4, 0.5) is 0 Å². The Morgan fingerprint density at radius 1 is 0.290 bits per heavy atom. The number of carboxylic acids is 5. The molecule has 28 heteroatoms. The molecule has 0 heterocycles. The number of benzene rings is 3. The number of unbranched alkanes of at least 4 members (excludes halogenated alkanes) is 5. The second-order valence-electron chi connectivity index (χ2n) is 43.8. The van der Waals surface area contributed by atoms with Gasteiger partial charge in [0.15, 0.2) is 0 Å². The van der Waals surface area contributed by atoms with E-state index in [4.69, 9.17) is 30.3 Å². The summed E-state index contributed by atoms with van der Waals surface area (Å²) in [7, 11) is 0. The molecule has 2 unspecified atom stereocenters. The maximum absolute atomic E-state index is 12.0. The highest BCUT2D eigenvalue weighted by Gasteiger charge is 2.36. The minimum absolute atomic E-state index is 0.0272. The fourth-order valence-corrected chi connectivity index (χ4v) is 15.8. The van der Waals surface area contributed by atoms with Crippen molar-refractivity contribution in [2.24, 2.45) is 82.9 Å². The van der Waals surface area contributed by atoms with Crippen molar-refractivity contribution < 1.29 is 97.4 Å². The summed E-state index contributed by atoms with van der Waals surface area (Å²) >= 11 is 0. The maximum atomic E-state index is 12.0. The molecule has 3 aromatic rings. The van der Waals surface area contributed by atoms with Crippen molar-refractivity contribution in [3.63, 3.8) is 0 Å². The first kappa shape index (κ1) is 139. The third-order valence-corrected chi connectivity index (χ3v) is 24.4. The summed E-state index contributed by atoms with van der Waals surface area (Å²) in [4.78, 5) is 157. The topological polar surface area (TPSA) is 446 Å². The van der Waals surface area contributed by atoms with Crippen LogP contribution in [0.15, 0.2) is 78.9 Å². The lowest BCUT2D eigenvalue weighted by atomic mass is 9.78. The largest absolute Gasteiger partial charge is 0.481 e.